The molecule has 12 rings (SSSR count). The second kappa shape index (κ2) is 27.9. The van der Waals surface area contributed by atoms with Crippen LogP contribution in [-0.2, 0) is 0 Å². The van der Waals surface area contributed by atoms with Gasteiger partial charge in [0.25, 0.3) is 0 Å². The molecule has 4 N–H and O–H groups in total. The van der Waals surface area contributed by atoms with Crippen LogP contribution < -0.4 is 18.9 Å². The van der Waals surface area contributed by atoms with Gasteiger partial charge in [0.15, 0.2) is 0 Å². The van der Waals surface area contributed by atoms with Crippen LogP contribution >= 0.6 is 0 Å². The molecule has 0 aliphatic heterocycles. The van der Waals surface area contributed by atoms with E-state index in [0.717, 1.165) is 100 Å². The molecule has 0 radical (unpaired) electrons. The molecule has 0 spiro atoms. The summed E-state index contributed by atoms with van der Waals surface area (Å²) in [5.74, 6) is 0.965. The summed E-state index contributed by atoms with van der Waals surface area (Å²) in [6.07, 6.45) is 0. The Morgan fingerprint density at radius 2 is 0.394 bits per heavy atom. The van der Waals surface area contributed by atoms with E-state index < -0.39 is 23.9 Å². The zero-order valence-electron chi connectivity index (χ0n) is 52.3. The molecular formula is C82H64O12. The monoisotopic (exact) mass is 1240 g/mol. The third-order valence-electron chi connectivity index (χ3n) is 16.0. The first-order valence-corrected chi connectivity index (χ1v) is 30.2. The number of ether oxygens (including phenoxy) is 4. The quantitative estimate of drug-likeness (QED) is 0.0597. The summed E-state index contributed by atoms with van der Waals surface area (Å²) in [5.41, 5.74) is 17.8. The predicted octanol–water partition coefficient (Wildman–Crippen LogP) is 18.9. The number of phenols is 4. The fourth-order valence-corrected chi connectivity index (χ4v) is 10.9. The number of benzene rings is 12. The number of aryl methyl sites for hydroxylation is 6. The van der Waals surface area contributed by atoms with Crippen LogP contribution in [0.5, 0.6) is 46.0 Å². The molecule has 12 aromatic rings. The Labute approximate surface area is 544 Å². The average molecular weight is 1240 g/mol. The van der Waals surface area contributed by atoms with Gasteiger partial charge in [-0.25, -0.2) is 19.2 Å². The van der Waals surface area contributed by atoms with Crippen LogP contribution in [0, 0.1) is 41.5 Å². The summed E-state index contributed by atoms with van der Waals surface area (Å²) < 4.78 is 23.1. The van der Waals surface area contributed by atoms with Crippen molar-refractivity contribution in [1.29, 1.82) is 0 Å². The van der Waals surface area contributed by atoms with Crippen molar-refractivity contribution in [2.24, 2.45) is 0 Å². The summed E-state index contributed by atoms with van der Waals surface area (Å²) in [6.45, 7) is 11.4. The highest BCUT2D eigenvalue weighted by molar-refractivity contribution is 5.95. The Bertz CT molecular complexity index is 4410. The second-order valence-electron chi connectivity index (χ2n) is 22.9. The maximum absolute atomic E-state index is 13.1. The van der Waals surface area contributed by atoms with E-state index >= 15 is 0 Å². The van der Waals surface area contributed by atoms with Gasteiger partial charge >= 0.3 is 23.9 Å². The van der Waals surface area contributed by atoms with Crippen molar-refractivity contribution < 1.29 is 58.6 Å². The molecule has 0 atom stereocenters. The lowest BCUT2D eigenvalue weighted by Crippen LogP contribution is -2.11. The molecule has 12 heteroatoms. The Kier molecular flexibility index (Phi) is 18.8. The number of carbonyl (C=O) groups excluding carboxylic acids is 4. The van der Waals surface area contributed by atoms with Crippen molar-refractivity contribution >= 4 is 23.9 Å². The summed E-state index contributed by atoms with van der Waals surface area (Å²) in [4.78, 5) is 51.9. The van der Waals surface area contributed by atoms with E-state index in [0.29, 0.717) is 45.3 Å². The zero-order chi connectivity index (χ0) is 66.2. The molecule has 0 fully saturated rings. The van der Waals surface area contributed by atoms with Gasteiger partial charge in [0.2, 0.25) is 0 Å². The first-order chi connectivity index (χ1) is 45.3. The first kappa shape index (κ1) is 63.3. The SMILES string of the molecule is Cc1cc(-c2cc(C)c(OC(=O)c3ccc(-c4ccc(O)cc4)cc3)c(C)c2)cc(C)c1OC(=O)c1ccc(-c2ccc(O)cc2)cc1.Cc1cc(-c2ccc(OC(=O)c3ccc(-c4ccc(O)cc4)cc3)c(C)c2)ccc1OC(=O)c1ccc(-c2ccc(O)cc2)cc1. The number of carbonyl (C=O) groups is 4. The molecule has 12 nitrogen and oxygen atoms in total. The van der Waals surface area contributed by atoms with Crippen molar-refractivity contribution in [2.75, 3.05) is 0 Å². The topological polar surface area (TPSA) is 186 Å². The maximum atomic E-state index is 13.1. The standard InChI is InChI=1S/C42H34O6.C40H30O6/c1-25-21-35(22-26(2)39(25)47-41(45)33-9-5-29(6-10-33)31-13-17-37(43)18-14-31)36-23-27(3)40(28(4)24-36)48-42(46)34-11-7-30(8-12-34)32-15-19-38(44)20-16-32;1-25-23-33(15-21-37(25)45-39(43)31-7-3-27(4-8-31)29-11-17-35(41)18-12-29)34-16-22-38(26(2)24-34)46-40(44)32-9-5-28(6-10-32)30-13-19-36(42)20-14-30/h5-24,43-44H,1-4H3;3-24,41-42H,1-2H3. The van der Waals surface area contributed by atoms with E-state index in [1.165, 1.54) is 0 Å². The van der Waals surface area contributed by atoms with Crippen LogP contribution in [-0.4, -0.2) is 44.3 Å². The Morgan fingerprint density at radius 1 is 0.213 bits per heavy atom. The highest BCUT2D eigenvalue weighted by Crippen LogP contribution is 2.37. The average Bonchev–Trinajstić information content (AvgIpc) is 0.828. The second-order valence-corrected chi connectivity index (χ2v) is 22.9. The molecular weight excluding hydrogens is 1180 g/mol. The van der Waals surface area contributed by atoms with E-state index in [1.54, 1.807) is 109 Å². The number of aromatic hydroxyl groups is 4. The van der Waals surface area contributed by atoms with Crippen molar-refractivity contribution in [3.63, 3.8) is 0 Å². The van der Waals surface area contributed by atoms with Gasteiger partial charge in [-0.05, 0) is 287 Å². The number of phenolic OH excluding ortho intramolecular Hbond substituents is 4. The summed E-state index contributed by atoms with van der Waals surface area (Å²) in [6, 6.07) is 75.3. The molecule has 12 aromatic carbocycles. The predicted molar refractivity (Wildman–Crippen MR) is 366 cm³/mol. The summed E-state index contributed by atoms with van der Waals surface area (Å²) >= 11 is 0. The van der Waals surface area contributed by atoms with Crippen molar-refractivity contribution in [3.8, 4) is 113 Å². The molecule has 0 aliphatic rings. The van der Waals surface area contributed by atoms with Gasteiger partial charge in [-0.15, -0.1) is 0 Å². The van der Waals surface area contributed by atoms with Gasteiger partial charge < -0.3 is 39.4 Å². The van der Waals surface area contributed by atoms with Gasteiger partial charge in [-0.2, -0.15) is 0 Å². The van der Waals surface area contributed by atoms with Crippen LogP contribution in [0.1, 0.15) is 74.8 Å². The summed E-state index contributed by atoms with van der Waals surface area (Å²) in [5, 5.41) is 38.1. The van der Waals surface area contributed by atoms with E-state index in [9.17, 15) is 39.6 Å². The molecule has 0 bridgehead atoms. The number of esters is 4. The van der Waals surface area contributed by atoms with Crippen molar-refractivity contribution in [3.05, 3.63) is 310 Å². The van der Waals surface area contributed by atoms with Gasteiger partial charge in [0, 0.05) is 0 Å². The third-order valence-corrected chi connectivity index (χ3v) is 16.0. The molecule has 0 aromatic heterocycles. The van der Waals surface area contributed by atoms with Gasteiger partial charge in [-0.1, -0.05) is 109 Å². The molecule has 0 unspecified atom stereocenters. The van der Waals surface area contributed by atoms with E-state index in [-0.39, 0.29) is 23.0 Å². The minimum absolute atomic E-state index is 0.199. The van der Waals surface area contributed by atoms with Gasteiger partial charge in [0.05, 0.1) is 22.3 Å². The summed E-state index contributed by atoms with van der Waals surface area (Å²) in [7, 11) is 0. The third kappa shape index (κ3) is 15.0. The first-order valence-electron chi connectivity index (χ1n) is 30.2. The highest BCUT2D eigenvalue weighted by atomic mass is 16.5. The van der Waals surface area contributed by atoms with Crippen LogP contribution in [0.25, 0.3) is 66.8 Å². The highest BCUT2D eigenvalue weighted by Gasteiger charge is 2.20. The van der Waals surface area contributed by atoms with Crippen LogP contribution in [0.15, 0.2) is 255 Å². The van der Waals surface area contributed by atoms with Crippen LogP contribution in [0.4, 0.5) is 0 Å². The molecule has 94 heavy (non-hydrogen) atoms. The minimum Gasteiger partial charge on any atom is -0.508 e. The van der Waals surface area contributed by atoms with Crippen LogP contribution in [0.2, 0.25) is 0 Å². The Hall–Kier alpha value is -12.3. The number of hydrogen-bond acceptors (Lipinski definition) is 12. The fraction of sp³-hybridized carbons (Fsp3) is 0.0732. The Morgan fingerprint density at radius 3 is 0.606 bits per heavy atom. The van der Waals surface area contributed by atoms with E-state index in [1.807, 2.05) is 187 Å². The maximum Gasteiger partial charge on any atom is 0.343 e. The molecule has 0 heterocycles. The van der Waals surface area contributed by atoms with Crippen molar-refractivity contribution in [1.82, 2.24) is 0 Å². The lowest BCUT2D eigenvalue weighted by molar-refractivity contribution is 0.0723. The normalized spacial score (nSPS) is 10.8. The van der Waals surface area contributed by atoms with E-state index in [2.05, 4.69) is 0 Å². The number of rotatable bonds is 14. The van der Waals surface area contributed by atoms with Crippen LogP contribution in [0.3, 0.4) is 0 Å². The molecule has 464 valence electrons. The lowest BCUT2D eigenvalue weighted by Gasteiger charge is -2.16. The zero-order valence-corrected chi connectivity index (χ0v) is 52.3. The van der Waals surface area contributed by atoms with Crippen molar-refractivity contribution in [2.45, 2.75) is 41.5 Å². The molecule has 0 saturated carbocycles. The smallest absolute Gasteiger partial charge is 0.343 e. The Balaban J connectivity index is 0.000000192. The van der Waals surface area contributed by atoms with Gasteiger partial charge in [0.1, 0.15) is 46.0 Å². The fourth-order valence-electron chi connectivity index (χ4n) is 10.9. The van der Waals surface area contributed by atoms with E-state index in [4.69, 9.17) is 18.9 Å². The minimum atomic E-state index is -0.454. The lowest BCUT2D eigenvalue weighted by atomic mass is 9.96. The largest absolute Gasteiger partial charge is 0.508 e. The van der Waals surface area contributed by atoms with Gasteiger partial charge in [-0.3, -0.25) is 0 Å². The molecule has 0 aliphatic carbocycles. The molecule has 0 saturated heterocycles. The molecule has 0 amide bonds. The number of hydrogen-bond donors (Lipinski definition) is 4.